The van der Waals surface area contributed by atoms with Gasteiger partial charge < -0.3 is 20.7 Å². The Labute approximate surface area is 134 Å². The molecule has 1 aromatic heterocycles. The lowest BCUT2D eigenvalue weighted by Gasteiger charge is -2.39. The summed E-state index contributed by atoms with van der Waals surface area (Å²) in [6.45, 7) is 4.92. The molecule has 23 heavy (non-hydrogen) atoms. The number of hydrogen-bond acceptors (Lipinski definition) is 5. The Hall–Kier alpha value is -2.12. The fourth-order valence-corrected chi connectivity index (χ4v) is 2.54. The van der Waals surface area contributed by atoms with Crippen molar-refractivity contribution in [2.24, 2.45) is 0 Å². The maximum absolute atomic E-state index is 14.0. The van der Waals surface area contributed by atoms with Gasteiger partial charge in [0.1, 0.15) is 5.60 Å². The number of alkyl halides is 2. The molecule has 1 aliphatic rings. The Morgan fingerprint density at radius 3 is 2.83 bits per heavy atom. The van der Waals surface area contributed by atoms with E-state index >= 15 is 0 Å². The summed E-state index contributed by atoms with van der Waals surface area (Å²) >= 11 is 0. The van der Waals surface area contributed by atoms with E-state index in [1.165, 1.54) is 17.3 Å². The highest BCUT2D eigenvalue weighted by atomic mass is 19.3. The van der Waals surface area contributed by atoms with Gasteiger partial charge in [-0.1, -0.05) is 0 Å². The first-order valence-corrected chi connectivity index (χ1v) is 7.37. The number of aromatic nitrogens is 1. The van der Waals surface area contributed by atoms with Gasteiger partial charge in [-0.2, -0.15) is 0 Å². The third-order valence-corrected chi connectivity index (χ3v) is 3.30. The quantitative estimate of drug-likeness (QED) is 0.871. The van der Waals surface area contributed by atoms with Crippen molar-refractivity contribution in [3.8, 4) is 0 Å². The van der Waals surface area contributed by atoms with E-state index in [4.69, 9.17) is 10.5 Å². The van der Waals surface area contributed by atoms with Crippen LogP contribution in [0.4, 0.5) is 25.0 Å². The molecule has 0 aliphatic carbocycles. The number of nitrogens with one attached hydrogen (secondary N) is 1. The number of nitrogens with two attached hydrogens (primary N) is 1. The molecule has 128 valence electrons. The van der Waals surface area contributed by atoms with Gasteiger partial charge in [-0.3, -0.25) is 4.98 Å². The molecule has 1 aromatic rings. The van der Waals surface area contributed by atoms with Crippen LogP contribution in [0.3, 0.4) is 0 Å². The molecule has 6 nitrogen and oxygen atoms in total. The van der Waals surface area contributed by atoms with Crippen molar-refractivity contribution in [3.63, 3.8) is 0 Å². The van der Waals surface area contributed by atoms with Gasteiger partial charge >= 0.3 is 6.09 Å². The highest BCUT2D eigenvalue weighted by molar-refractivity contribution is 5.69. The average Bonchev–Trinajstić information content (AvgIpc) is 2.34. The van der Waals surface area contributed by atoms with Crippen LogP contribution in [-0.2, 0) is 4.74 Å². The normalized spacial score (nSPS) is 20.9. The molecule has 0 spiro atoms. The zero-order valence-corrected chi connectivity index (χ0v) is 13.5. The number of amides is 1. The van der Waals surface area contributed by atoms with Crippen LogP contribution < -0.4 is 16.0 Å². The van der Waals surface area contributed by atoms with Crippen LogP contribution in [0.15, 0.2) is 18.5 Å². The summed E-state index contributed by atoms with van der Waals surface area (Å²) in [6, 6.07) is 0.850. The number of alkyl carbamates (subject to hydrolysis) is 1. The van der Waals surface area contributed by atoms with Gasteiger partial charge in [-0.25, -0.2) is 13.6 Å². The molecule has 3 N–H and O–H groups in total. The number of piperidine rings is 1. The predicted octanol–water partition coefficient (Wildman–Crippen LogP) is 2.40. The molecule has 2 rings (SSSR count). The maximum atomic E-state index is 14.0. The van der Waals surface area contributed by atoms with E-state index in [1.807, 2.05) is 0 Å². The van der Waals surface area contributed by atoms with Crippen LogP contribution in [0.1, 0.15) is 27.2 Å². The first kappa shape index (κ1) is 17.2. The third kappa shape index (κ3) is 4.94. The van der Waals surface area contributed by atoms with Gasteiger partial charge in [0, 0.05) is 19.2 Å². The maximum Gasteiger partial charge on any atom is 0.407 e. The van der Waals surface area contributed by atoms with E-state index in [-0.39, 0.29) is 6.54 Å². The van der Waals surface area contributed by atoms with Gasteiger partial charge in [0.15, 0.2) is 0 Å². The zero-order valence-electron chi connectivity index (χ0n) is 13.5. The average molecular weight is 328 g/mol. The summed E-state index contributed by atoms with van der Waals surface area (Å²) in [7, 11) is 0. The Bertz CT molecular complexity index is 575. The number of ether oxygens (including phenoxy) is 1. The molecule has 1 unspecified atom stereocenters. The van der Waals surface area contributed by atoms with E-state index in [9.17, 15) is 13.6 Å². The van der Waals surface area contributed by atoms with Crippen LogP contribution >= 0.6 is 0 Å². The first-order chi connectivity index (χ1) is 10.6. The molecule has 1 saturated heterocycles. The number of carbonyl (C=O) groups excluding carboxylic acids is 1. The lowest BCUT2D eigenvalue weighted by Crippen LogP contribution is -2.56. The second-order valence-electron chi connectivity index (χ2n) is 6.72. The molecular weight excluding hydrogens is 306 g/mol. The molecule has 0 radical (unpaired) electrons. The lowest BCUT2D eigenvalue weighted by atomic mass is 10.0. The standard InChI is InChI=1S/C15H22F2N4O2/c1-14(2,3)23-13(22)20-10-6-15(16,17)9-21(8-10)12-4-5-19-7-11(12)18/h4-5,7,10H,6,8-9,18H2,1-3H3,(H,20,22). The number of nitrogens with zero attached hydrogens (tertiary/aromatic N) is 2. The van der Waals surface area contributed by atoms with Gasteiger partial charge in [0.25, 0.3) is 5.92 Å². The Morgan fingerprint density at radius 1 is 1.52 bits per heavy atom. The molecule has 1 atom stereocenters. The first-order valence-electron chi connectivity index (χ1n) is 7.37. The second-order valence-corrected chi connectivity index (χ2v) is 6.72. The second kappa shape index (κ2) is 6.17. The van der Waals surface area contributed by atoms with E-state index in [2.05, 4.69) is 10.3 Å². The van der Waals surface area contributed by atoms with Crippen LogP contribution in [0.5, 0.6) is 0 Å². The van der Waals surface area contributed by atoms with Crippen LogP contribution in [0.25, 0.3) is 0 Å². The zero-order chi connectivity index (χ0) is 17.3. The van der Waals surface area contributed by atoms with E-state index < -0.39 is 36.6 Å². The van der Waals surface area contributed by atoms with Gasteiger partial charge in [-0.15, -0.1) is 0 Å². The number of nitrogen functional groups attached to an aromatic ring is 1. The minimum Gasteiger partial charge on any atom is -0.444 e. The van der Waals surface area contributed by atoms with Crippen molar-refractivity contribution >= 4 is 17.5 Å². The molecule has 2 heterocycles. The number of rotatable bonds is 2. The minimum absolute atomic E-state index is 0.225. The Morgan fingerprint density at radius 2 is 2.22 bits per heavy atom. The summed E-state index contributed by atoms with van der Waals surface area (Å²) in [4.78, 5) is 17.1. The smallest absolute Gasteiger partial charge is 0.407 e. The Kier molecular flexibility index (Phi) is 4.63. The van der Waals surface area contributed by atoms with Crippen molar-refractivity contribution in [1.82, 2.24) is 10.3 Å². The van der Waals surface area contributed by atoms with Crippen LogP contribution in [0.2, 0.25) is 0 Å². The number of carbonyl (C=O) groups is 1. The highest BCUT2D eigenvalue weighted by Crippen LogP contribution is 2.32. The highest BCUT2D eigenvalue weighted by Gasteiger charge is 2.41. The fourth-order valence-electron chi connectivity index (χ4n) is 2.54. The predicted molar refractivity (Wildman–Crippen MR) is 83.6 cm³/mol. The number of hydrogen-bond donors (Lipinski definition) is 2. The fraction of sp³-hybridized carbons (Fsp3) is 0.600. The summed E-state index contributed by atoms with van der Waals surface area (Å²) in [5.74, 6) is -2.94. The molecule has 1 fully saturated rings. The number of halogens is 2. The number of pyridine rings is 1. The van der Waals surface area contributed by atoms with Crippen LogP contribution in [0, 0.1) is 0 Å². The van der Waals surface area contributed by atoms with Crippen molar-refractivity contribution in [2.75, 3.05) is 23.7 Å². The molecular formula is C15H22F2N4O2. The van der Waals surface area contributed by atoms with Crippen molar-refractivity contribution < 1.29 is 18.3 Å². The van der Waals surface area contributed by atoms with Crippen molar-refractivity contribution in [1.29, 1.82) is 0 Å². The number of anilines is 2. The molecule has 0 aromatic carbocycles. The van der Waals surface area contributed by atoms with E-state index in [1.54, 1.807) is 26.8 Å². The summed E-state index contributed by atoms with van der Waals surface area (Å²) in [6.07, 6.45) is 1.77. The summed E-state index contributed by atoms with van der Waals surface area (Å²) < 4.78 is 33.2. The SMILES string of the molecule is CC(C)(C)OC(=O)NC1CN(c2ccncc2N)CC(F)(F)C1. The Balaban J connectivity index is 2.10. The molecule has 8 heteroatoms. The molecule has 1 amide bonds. The van der Waals surface area contributed by atoms with E-state index in [0.29, 0.717) is 11.4 Å². The van der Waals surface area contributed by atoms with Crippen molar-refractivity contribution in [3.05, 3.63) is 18.5 Å². The minimum atomic E-state index is -2.94. The monoisotopic (exact) mass is 328 g/mol. The van der Waals surface area contributed by atoms with E-state index in [0.717, 1.165) is 0 Å². The largest absolute Gasteiger partial charge is 0.444 e. The van der Waals surface area contributed by atoms with Crippen LogP contribution in [-0.4, -0.2) is 41.7 Å². The third-order valence-electron chi connectivity index (χ3n) is 3.30. The molecule has 0 saturated carbocycles. The molecule has 1 aliphatic heterocycles. The van der Waals surface area contributed by atoms with Gasteiger partial charge in [0.05, 0.1) is 30.2 Å². The topological polar surface area (TPSA) is 80.5 Å². The summed E-state index contributed by atoms with van der Waals surface area (Å²) in [5.41, 5.74) is 5.93. The molecule has 0 bridgehead atoms. The van der Waals surface area contributed by atoms with Gasteiger partial charge in [0.2, 0.25) is 0 Å². The summed E-state index contributed by atoms with van der Waals surface area (Å²) in [5, 5.41) is 2.51. The van der Waals surface area contributed by atoms with Gasteiger partial charge in [-0.05, 0) is 26.8 Å². The van der Waals surface area contributed by atoms with Crippen molar-refractivity contribution in [2.45, 2.75) is 44.8 Å². The lowest BCUT2D eigenvalue weighted by molar-refractivity contribution is -0.0229.